The lowest BCUT2D eigenvalue weighted by Gasteiger charge is -2.18. The molecule has 0 fully saturated rings. The average Bonchev–Trinajstić information content (AvgIpc) is 2.61. The lowest BCUT2D eigenvalue weighted by molar-refractivity contribution is -0.138. The third kappa shape index (κ3) is 11.1. The van der Waals surface area contributed by atoms with Crippen LogP contribution in [0, 0.1) is 0 Å². The van der Waals surface area contributed by atoms with Crippen molar-refractivity contribution in [3.8, 4) is 0 Å². The van der Waals surface area contributed by atoms with E-state index < -0.39 is 60.7 Å². The van der Waals surface area contributed by atoms with Gasteiger partial charge in [-0.3, -0.25) is 28.8 Å². The van der Waals surface area contributed by atoms with Crippen LogP contribution in [0.5, 0.6) is 0 Å². The molecule has 0 aromatic heterocycles. The van der Waals surface area contributed by atoms with Crippen LogP contribution in [0.3, 0.4) is 0 Å². The SMILES string of the molecule is C[C@@H](NC(=O)CNC(=O)CN)C(=O)N[C@H](C)C(=O)NCC(=O)NCC(=O)O. The van der Waals surface area contributed by atoms with Crippen LogP contribution < -0.4 is 32.3 Å². The second-order valence-electron chi connectivity index (χ2n) is 5.39. The topological polar surface area (TPSA) is 209 Å². The number of nitrogens with two attached hydrogens (primary N) is 1. The van der Waals surface area contributed by atoms with Gasteiger partial charge in [-0.05, 0) is 13.8 Å². The van der Waals surface area contributed by atoms with Crippen molar-refractivity contribution < 1.29 is 33.9 Å². The number of hydrogen-bond donors (Lipinski definition) is 7. The summed E-state index contributed by atoms with van der Waals surface area (Å²) in [6.07, 6.45) is 0. The molecule has 0 radical (unpaired) electrons. The third-order valence-corrected chi connectivity index (χ3v) is 3.01. The molecule has 0 aliphatic rings. The fraction of sp³-hybridized carbons (Fsp3) is 0.571. The fourth-order valence-electron chi connectivity index (χ4n) is 1.57. The predicted molar refractivity (Wildman–Crippen MR) is 90.9 cm³/mol. The van der Waals surface area contributed by atoms with Gasteiger partial charge in [0.05, 0.1) is 19.6 Å². The minimum absolute atomic E-state index is 0.274. The van der Waals surface area contributed by atoms with Gasteiger partial charge in [-0.15, -0.1) is 0 Å². The van der Waals surface area contributed by atoms with Gasteiger partial charge in [0, 0.05) is 0 Å². The van der Waals surface area contributed by atoms with E-state index in [-0.39, 0.29) is 13.1 Å². The van der Waals surface area contributed by atoms with E-state index in [2.05, 4.69) is 26.6 Å². The maximum absolute atomic E-state index is 11.9. The van der Waals surface area contributed by atoms with E-state index in [1.54, 1.807) is 0 Å². The summed E-state index contributed by atoms with van der Waals surface area (Å²) in [5.41, 5.74) is 5.07. The van der Waals surface area contributed by atoms with Crippen molar-refractivity contribution in [3.05, 3.63) is 0 Å². The summed E-state index contributed by atoms with van der Waals surface area (Å²) in [4.78, 5) is 67.9. The number of aliphatic carboxylic acids is 1. The largest absolute Gasteiger partial charge is 0.480 e. The van der Waals surface area contributed by atoms with Gasteiger partial charge >= 0.3 is 5.97 Å². The van der Waals surface area contributed by atoms with Crippen molar-refractivity contribution in [2.45, 2.75) is 25.9 Å². The molecule has 13 nitrogen and oxygen atoms in total. The monoisotopic (exact) mass is 388 g/mol. The first-order valence-corrected chi connectivity index (χ1v) is 7.89. The fourth-order valence-corrected chi connectivity index (χ4v) is 1.57. The maximum Gasteiger partial charge on any atom is 0.322 e. The Morgan fingerprint density at radius 3 is 1.81 bits per heavy atom. The van der Waals surface area contributed by atoms with Gasteiger partial charge in [0.25, 0.3) is 0 Å². The number of carboxylic acid groups (broad SMARTS) is 1. The zero-order valence-electron chi connectivity index (χ0n) is 15.0. The van der Waals surface area contributed by atoms with Crippen LogP contribution in [-0.2, 0) is 28.8 Å². The zero-order chi connectivity index (χ0) is 21.0. The Bertz CT molecular complexity index is 595. The standard InChI is InChI=1S/C14H24N6O7/c1-7(13(26)18-4-10(22)17-6-12(24)25)20-14(27)8(2)19-11(23)5-16-9(21)3-15/h7-8H,3-6,15H2,1-2H3,(H,16,21)(H,17,22)(H,18,26)(H,19,23)(H,20,27)(H,24,25)/t7-,8-/m1/s1. The average molecular weight is 388 g/mol. The molecule has 0 heterocycles. The molecule has 0 saturated carbocycles. The molecule has 152 valence electrons. The van der Waals surface area contributed by atoms with E-state index in [1.807, 2.05) is 0 Å². The van der Waals surface area contributed by atoms with Crippen molar-refractivity contribution in [1.82, 2.24) is 26.6 Å². The van der Waals surface area contributed by atoms with E-state index in [0.29, 0.717) is 0 Å². The van der Waals surface area contributed by atoms with E-state index in [9.17, 15) is 28.8 Å². The van der Waals surface area contributed by atoms with Gasteiger partial charge in [-0.2, -0.15) is 0 Å². The summed E-state index contributed by atoms with van der Waals surface area (Å²) in [7, 11) is 0. The molecular weight excluding hydrogens is 364 g/mol. The van der Waals surface area contributed by atoms with Crippen molar-refractivity contribution in [1.29, 1.82) is 0 Å². The van der Waals surface area contributed by atoms with Gasteiger partial charge in [0.15, 0.2) is 0 Å². The molecule has 0 aromatic carbocycles. The predicted octanol–water partition coefficient (Wildman–Crippen LogP) is -4.61. The Balaban J connectivity index is 4.24. The summed E-state index contributed by atoms with van der Waals surface area (Å²) in [6.45, 7) is 1.07. The number of carbonyl (C=O) groups is 6. The molecule has 2 atom stereocenters. The highest BCUT2D eigenvalue weighted by atomic mass is 16.4. The molecule has 8 N–H and O–H groups in total. The van der Waals surface area contributed by atoms with E-state index in [0.717, 1.165) is 0 Å². The van der Waals surface area contributed by atoms with Crippen LogP contribution in [0.4, 0.5) is 0 Å². The molecule has 0 saturated heterocycles. The van der Waals surface area contributed by atoms with Gasteiger partial charge in [-0.25, -0.2) is 0 Å². The molecule has 0 bridgehead atoms. The number of amides is 5. The van der Waals surface area contributed by atoms with Crippen molar-refractivity contribution in [2.24, 2.45) is 5.73 Å². The van der Waals surface area contributed by atoms with E-state index in [1.165, 1.54) is 13.8 Å². The Hall–Kier alpha value is -3.22. The first kappa shape index (κ1) is 23.8. The summed E-state index contributed by atoms with van der Waals surface area (Å²) in [5.74, 6) is -4.42. The number of carboxylic acids is 1. The molecule has 0 rings (SSSR count). The number of rotatable bonds is 11. The first-order valence-electron chi connectivity index (χ1n) is 7.89. The third-order valence-electron chi connectivity index (χ3n) is 3.01. The molecular formula is C14H24N6O7. The van der Waals surface area contributed by atoms with Gasteiger partial charge in [0.2, 0.25) is 29.5 Å². The second kappa shape index (κ2) is 12.2. The maximum atomic E-state index is 11.9. The Morgan fingerprint density at radius 1 is 0.741 bits per heavy atom. The normalized spacial score (nSPS) is 12.1. The molecule has 0 aliphatic heterocycles. The Labute approximate surface area is 154 Å². The number of carbonyl (C=O) groups excluding carboxylic acids is 5. The molecule has 0 aliphatic carbocycles. The molecule has 0 unspecified atom stereocenters. The smallest absolute Gasteiger partial charge is 0.322 e. The molecule has 0 spiro atoms. The van der Waals surface area contributed by atoms with Crippen molar-refractivity contribution >= 4 is 35.5 Å². The lowest BCUT2D eigenvalue weighted by Crippen LogP contribution is -2.53. The zero-order valence-corrected chi connectivity index (χ0v) is 15.0. The van der Waals surface area contributed by atoms with Crippen LogP contribution in [0.2, 0.25) is 0 Å². The molecule has 27 heavy (non-hydrogen) atoms. The van der Waals surface area contributed by atoms with Gasteiger partial charge in [-0.1, -0.05) is 0 Å². The summed E-state index contributed by atoms with van der Waals surface area (Å²) in [5, 5.41) is 19.6. The molecule has 13 heteroatoms. The van der Waals surface area contributed by atoms with E-state index >= 15 is 0 Å². The van der Waals surface area contributed by atoms with Crippen molar-refractivity contribution in [3.63, 3.8) is 0 Å². The minimum atomic E-state index is -1.23. The summed E-state index contributed by atoms with van der Waals surface area (Å²) < 4.78 is 0. The van der Waals surface area contributed by atoms with Crippen molar-refractivity contribution in [2.75, 3.05) is 26.2 Å². The van der Waals surface area contributed by atoms with Crippen LogP contribution in [0.1, 0.15) is 13.8 Å². The molecule has 0 aromatic rings. The quantitative estimate of drug-likeness (QED) is 0.183. The van der Waals surface area contributed by atoms with Crippen LogP contribution in [-0.4, -0.2) is 78.9 Å². The van der Waals surface area contributed by atoms with E-state index in [4.69, 9.17) is 10.8 Å². The Kier molecular flexibility index (Phi) is 10.7. The first-order chi connectivity index (χ1) is 12.6. The molecule has 5 amide bonds. The number of hydrogen-bond acceptors (Lipinski definition) is 7. The van der Waals surface area contributed by atoms with Gasteiger partial charge in [0.1, 0.15) is 18.6 Å². The highest BCUT2D eigenvalue weighted by molar-refractivity contribution is 5.94. The van der Waals surface area contributed by atoms with Crippen LogP contribution in [0.15, 0.2) is 0 Å². The highest BCUT2D eigenvalue weighted by Crippen LogP contribution is 1.88. The van der Waals surface area contributed by atoms with Crippen LogP contribution in [0.25, 0.3) is 0 Å². The minimum Gasteiger partial charge on any atom is -0.480 e. The second-order valence-corrected chi connectivity index (χ2v) is 5.39. The number of nitrogens with one attached hydrogen (secondary N) is 5. The summed E-state index contributed by atoms with van der Waals surface area (Å²) in [6, 6.07) is -2.00. The summed E-state index contributed by atoms with van der Waals surface area (Å²) >= 11 is 0. The van der Waals surface area contributed by atoms with Crippen LogP contribution >= 0.6 is 0 Å². The lowest BCUT2D eigenvalue weighted by atomic mass is 10.2. The Morgan fingerprint density at radius 2 is 1.26 bits per heavy atom. The van der Waals surface area contributed by atoms with Gasteiger partial charge < -0.3 is 37.4 Å². The highest BCUT2D eigenvalue weighted by Gasteiger charge is 2.21.